The Bertz CT molecular complexity index is 1220. The Morgan fingerprint density at radius 2 is 1.70 bits per heavy atom. The van der Waals surface area contributed by atoms with Crippen molar-refractivity contribution in [3.05, 3.63) is 94.4 Å². The third-order valence-electron chi connectivity index (χ3n) is 6.16. The summed E-state index contributed by atoms with van der Waals surface area (Å²) < 4.78 is 5.53. The summed E-state index contributed by atoms with van der Waals surface area (Å²) in [5.74, 6) is 0.546. The highest BCUT2D eigenvalue weighted by atomic mass is 16.3. The van der Waals surface area contributed by atoms with E-state index in [4.69, 9.17) is 4.42 Å². The zero-order valence-electron chi connectivity index (χ0n) is 19.2. The van der Waals surface area contributed by atoms with Gasteiger partial charge >= 0.3 is 6.03 Å². The molecule has 0 unspecified atom stereocenters. The maximum atomic E-state index is 13.8. The van der Waals surface area contributed by atoms with Crippen LogP contribution in [0.25, 0.3) is 0 Å². The van der Waals surface area contributed by atoms with Gasteiger partial charge in [-0.05, 0) is 55.2 Å². The number of aryl methyl sites for hydroxylation is 3. The minimum atomic E-state index is -1.40. The van der Waals surface area contributed by atoms with E-state index in [1.54, 1.807) is 13.1 Å². The summed E-state index contributed by atoms with van der Waals surface area (Å²) in [6.45, 7) is 5.67. The highest BCUT2D eigenvalue weighted by molar-refractivity contribution is 6.11. The van der Waals surface area contributed by atoms with Crippen LogP contribution in [0.3, 0.4) is 0 Å². The molecule has 1 saturated heterocycles. The Hall–Kier alpha value is -3.87. The Kier molecular flexibility index (Phi) is 5.80. The molecule has 1 fully saturated rings. The lowest BCUT2D eigenvalue weighted by Gasteiger charge is -2.28. The maximum Gasteiger partial charge on any atom is 0.326 e. The first-order valence-electron chi connectivity index (χ1n) is 10.8. The van der Waals surface area contributed by atoms with Gasteiger partial charge in [-0.15, -0.1) is 0 Å². The van der Waals surface area contributed by atoms with Gasteiger partial charge in [-0.1, -0.05) is 48.5 Å². The number of urea groups is 1. The van der Waals surface area contributed by atoms with Crippen LogP contribution in [-0.2, 0) is 21.7 Å². The second-order valence-corrected chi connectivity index (χ2v) is 8.50. The monoisotopic (exact) mass is 445 g/mol. The van der Waals surface area contributed by atoms with Crippen molar-refractivity contribution in [2.45, 2.75) is 32.9 Å². The summed E-state index contributed by atoms with van der Waals surface area (Å²) in [5, 5.41) is 2.89. The van der Waals surface area contributed by atoms with E-state index in [0.29, 0.717) is 16.9 Å². The summed E-state index contributed by atoms with van der Waals surface area (Å²) in [5.41, 5.74) is 1.99. The minimum Gasteiger partial charge on any atom is -0.464 e. The van der Waals surface area contributed by atoms with Gasteiger partial charge in [0.1, 0.15) is 18.1 Å². The van der Waals surface area contributed by atoms with Crippen LogP contribution < -0.4 is 5.32 Å². The fourth-order valence-corrected chi connectivity index (χ4v) is 4.09. The van der Waals surface area contributed by atoms with E-state index in [9.17, 15) is 14.4 Å². The van der Waals surface area contributed by atoms with Gasteiger partial charge < -0.3 is 14.6 Å². The Balaban J connectivity index is 1.65. The summed E-state index contributed by atoms with van der Waals surface area (Å²) in [6.07, 6.45) is 0. The third kappa shape index (κ3) is 4.02. The van der Waals surface area contributed by atoms with Gasteiger partial charge in [0.05, 0.1) is 6.54 Å². The second-order valence-electron chi connectivity index (χ2n) is 8.50. The molecule has 170 valence electrons. The van der Waals surface area contributed by atoms with Crippen LogP contribution in [-0.4, -0.2) is 41.2 Å². The normalized spacial score (nSPS) is 17.9. The van der Waals surface area contributed by atoms with E-state index in [1.807, 2.05) is 75.4 Å². The first-order valence-corrected chi connectivity index (χ1v) is 10.8. The number of carbonyl (C=O) groups is 3. The summed E-state index contributed by atoms with van der Waals surface area (Å²) in [7, 11) is 1.62. The van der Waals surface area contributed by atoms with Crippen LogP contribution in [0.4, 0.5) is 4.79 Å². The van der Waals surface area contributed by atoms with E-state index < -0.39 is 17.5 Å². The SMILES string of the molecule is Cc1ccc(CN(C)C(=O)CN2C(=O)N[C@@](c3ccccc3)(c3ccc(C)c(C)c3)C2=O)o1. The fraction of sp³-hybridized carbons (Fsp3) is 0.269. The molecule has 1 aliphatic heterocycles. The molecule has 0 bridgehead atoms. The number of furan rings is 1. The molecule has 0 saturated carbocycles. The van der Waals surface area contributed by atoms with Crippen LogP contribution in [0.1, 0.15) is 33.8 Å². The fourth-order valence-electron chi connectivity index (χ4n) is 4.09. The average molecular weight is 446 g/mol. The highest BCUT2D eigenvalue weighted by Gasteiger charge is 2.54. The number of likely N-dealkylation sites (N-methyl/N-ethyl adjacent to an activating group) is 1. The molecular weight excluding hydrogens is 418 g/mol. The average Bonchev–Trinajstić information content (AvgIpc) is 3.32. The van der Waals surface area contributed by atoms with Crippen molar-refractivity contribution in [3.8, 4) is 0 Å². The van der Waals surface area contributed by atoms with Crippen LogP contribution in [0, 0.1) is 20.8 Å². The van der Waals surface area contributed by atoms with E-state index in [1.165, 1.54) is 4.90 Å². The number of carbonyl (C=O) groups excluding carboxylic acids is 3. The molecule has 1 N–H and O–H groups in total. The molecular formula is C26H27N3O4. The predicted molar refractivity (Wildman–Crippen MR) is 123 cm³/mol. The molecule has 7 nitrogen and oxygen atoms in total. The summed E-state index contributed by atoms with van der Waals surface area (Å²) >= 11 is 0. The zero-order valence-corrected chi connectivity index (χ0v) is 19.2. The number of nitrogens with one attached hydrogen (secondary N) is 1. The van der Waals surface area contributed by atoms with Crippen LogP contribution in [0.15, 0.2) is 65.1 Å². The van der Waals surface area contributed by atoms with Gasteiger partial charge in [-0.25, -0.2) is 4.79 Å². The topological polar surface area (TPSA) is 82.9 Å². The number of benzene rings is 2. The van der Waals surface area contributed by atoms with Gasteiger partial charge in [0, 0.05) is 7.05 Å². The number of hydrogen-bond acceptors (Lipinski definition) is 4. The second kappa shape index (κ2) is 8.58. The van der Waals surface area contributed by atoms with Crippen molar-refractivity contribution in [2.75, 3.05) is 13.6 Å². The summed E-state index contributed by atoms with van der Waals surface area (Å²) in [4.78, 5) is 42.2. The Morgan fingerprint density at radius 3 is 2.33 bits per heavy atom. The predicted octanol–water partition coefficient (Wildman–Crippen LogP) is 3.66. The molecule has 1 atom stereocenters. The van der Waals surface area contributed by atoms with Gasteiger partial charge in [-0.2, -0.15) is 0 Å². The lowest BCUT2D eigenvalue weighted by molar-refractivity contribution is -0.138. The van der Waals surface area contributed by atoms with Gasteiger partial charge in [0.25, 0.3) is 5.91 Å². The molecule has 3 aromatic rings. The van der Waals surface area contributed by atoms with Crippen molar-refractivity contribution in [1.82, 2.24) is 15.1 Å². The molecule has 2 aromatic carbocycles. The lowest BCUT2D eigenvalue weighted by atomic mass is 9.81. The largest absolute Gasteiger partial charge is 0.464 e. The Labute approximate surface area is 193 Å². The number of amides is 4. The molecule has 7 heteroatoms. The van der Waals surface area contributed by atoms with Crippen molar-refractivity contribution in [2.24, 2.45) is 0 Å². The first kappa shape index (κ1) is 22.3. The van der Waals surface area contributed by atoms with Crippen molar-refractivity contribution in [3.63, 3.8) is 0 Å². The molecule has 0 radical (unpaired) electrons. The molecule has 2 heterocycles. The molecule has 0 aliphatic carbocycles. The van der Waals surface area contributed by atoms with Gasteiger partial charge in [-0.3, -0.25) is 14.5 Å². The quantitative estimate of drug-likeness (QED) is 0.587. The number of nitrogens with zero attached hydrogens (tertiary/aromatic N) is 2. The van der Waals surface area contributed by atoms with Crippen LogP contribution in [0.2, 0.25) is 0 Å². The molecule has 0 spiro atoms. The minimum absolute atomic E-state index is 0.247. The van der Waals surface area contributed by atoms with E-state index in [2.05, 4.69) is 5.32 Å². The summed E-state index contributed by atoms with van der Waals surface area (Å²) in [6, 6.07) is 17.8. The van der Waals surface area contributed by atoms with Crippen molar-refractivity contribution >= 4 is 17.8 Å². The third-order valence-corrected chi connectivity index (χ3v) is 6.16. The molecule has 1 aliphatic rings. The van der Waals surface area contributed by atoms with E-state index in [-0.39, 0.29) is 19.0 Å². The maximum absolute atomic E-state index is 13.8. The molecule has 33 heavy (non-hydrogen) atoms. The number of hydrogen-bond donors (Lipinski definition) is 1. The smallest absolute Gasteiger partial charge is 0.326 e. The number of imide groups is 1. The van der Waals surface area contributed by atoms with Crippen LogP contribution >= 0.6 is 0 Å². The number of rotatable bonds is 6. The standard InChI is InChI=1S/C26H27N3O4/c1-17-10-12-21(14-18(17)2)26(20-8-6-5-7-9-20)24(31)29(25(32)27-26)16-23(30)28(4)15-22-13-11-19(3)33-22/h5-14H,15-16H2,1-4H3,(H,27,32)/t26-/m0/s1. The van der Waals surface area contributed by atoms with Crippen molar-refractivity contribution < 1.29 is 18.8 Å². The van der Waals surface area contributed by atoms with Gasteiger partial charge in [0.15, 0.2) is 5.54 Å². The van der Waals surface area contributed by atoms with Gasteiger partial charge in [0.2, 0.25) is 5.91 Å². The molecule has 1 aromatic heterocycles. The Morgan fingerprint density at radius 1 is 0.970 bits per heavy atom. The van der Waals surface area contributed by atoms with Crippen molar-refractivity contribution in [1.29, 1.82) is 0 Å². The van der Waals surface area contributed by atoms with E-state index >= 15 is 0 Å². The first-order chi connectivity index (χ1) is 15.7. The lowest BCUT2D eigenvalue weighted by Crippen LogP contribution is -2.46. The zero-order chi connectivity index (χ0) is 23.8. The molecule has 4 amide bonds. The molecule has 4 rings (SSSR count). The van der Waals surface area contributed by atoms with Crippen LogP contribution in [0.5, 0.6) is 0 Å². The van der Waals surface area contributed by atoms with E-state index in [0.717, 1.165) is 21.8 Å². The highest BCUT2D eigenvalue weighted by Crippen LogP contribution is 2.36.